The molecule has 0 aliphatic carbocycles. The summed E-state index contributed by atoms with van der Waals surface area (Å²) in [5.41, 5.74) is 5.75. The summed E-state index contributed by atoms with van der Waals surface area (Å²) in [6.45, 7) is 2.35. The second-order valence-corrected chi connectivity index (χ2v) is 4.66. The maximum absolute atomic E-state index is 11.9. The van der Waals surface area contributed by atoms with Crippen molar-refractivity contribution in [2.75, 3.05) is 26.2 Å². The van der Waals surface area contributed by atoms with Crippen molar-refractivity contribution in [3.8, 4) is 0 Å². The number of piperidine rings is 1. The van der Waals surface area contributed by atoms with Crippen LogP contribution in [0.4, 0.5) is 0 Å². The van der Waals surface area contributed by atoms with Crippen LogP contribution in [0.1, 0.15) is 25.7 Å². The van der Waals surface area contributed by atoms with E-state index in [4.69, 9.17) is 5.73 Å². The summed E-state index contributed by atoms with van der Waals surface area (Å²) < 4.78 is 0. The van der Waals surface area contributed by atoms with Gasteiger partial charge in [-0.2, -0.15) is 0 Å². The fourth-order valence-corrected chi connectivity index (χ4v) is 2.31. The van der Waals surface area contributed by atoms with E-state index in [2.05, 4.69) is 0 Å². The van der Waals surface area contributed by atoms with Crippen LogP contribution in [0.25, 0.3) is 0 Å². The molecule has 2 fully saturated rings. The summed E-state index contributed by atoms with van der Waals surface area (Å²) in [6, 6.07) is 0.112. The molecule has 0 aromatic heterocycles. The molecule has 0 bridgehead atoms. The minimum Gasteiger partial charge on any atom is -0.340 e. The van der Waals surface area contributed by atoms with Gasteiger partial charge in [0.1, 0.15) is 0 Å². The third kappa shape index (κ3) is 2.52. The third-order valence-electron chi connectivity index (χ3n) is 3.32. The Hall–Kier alpha value is -1.10. The normalized spacial score (nSPS) is 26.3. The molecule has 0 spiro atoms. The first-order valence-electron chi connectivity index (χ1n) is 5.98. The van der Waals surface area contributed by atoms with Gasteiger partial charge in [-0.15, -0.1) is 0 Å². The second-order valence-electron chi connectivity index (χ2n) is 4.66. The summed E-state index contributed by atoms with van der Waals surface area (Å²) >= 11 is 0. The van der Waals surface area contributed by atoms with Gasteiger partial charge in [-0.25, -0.2) is 0 Å². The van der Waals surface area contributed by atoms with Crippen molar-refractivity contribution in [3.63, 3.8) is 0 Å². The molecule has 5 heteroatoms. The molecular weight excluding hydrogens is 206 g/mol. The van der Waals surface area contributed by atoms with E-state index in [1.807, 2.05) is 0 Å². The number of nitrogens with two attached hydrogens (primary N) is 1. The van der Waals surface area contributed by atoms with E-state index >= 15 is 0 Å². The van der Waals surface area contributed by atoms with Crippen molar-refractivity contribution in [2.45, 2.75) is 31.7 Å². The SMILES string of the molecule is N[C@@H]1CCN(C(=O)CN2CCCCC2=O)C1. The topological polar surface area (TPSA) is 66.6 Å². The molecular formula is C11H19N3O2. The molecule has 2 N–H and O–H groups in total. The Bertz CT molecular complexity index is 293. The van der Waals surface area contributed by atoms with Crippen LogP contribution in [0.2, 0.25) is 0 Å². The van der Waals surface area contributed by atoms with Crippen molar-refractivity contribution in [1.82, 2.24) is 9.80 Å². The summed E-state index contributed by atoms with van der Waals surface area (Å²) in [7, 11) is 0. The lowest BCUT2D eigenvalue weighted by Gasteiger charge is -2.28. The molecule has 2 rings (SSSR count). The van der Waals surface area contributed by atoms with Crippen LogP contribution in [0.3, 0.4) is 0 Å². The first-order valence-corrected chi connectivity index (χ1v) is 5.98. The fraction of sp³-hybridized carbons (Fsp3) is 0.818. The Kier molecular flexibility index (Phi) is 3.43. The summed E-state index contributed by atoms with van der Waals surface area (Å²) in [5, 5.41) is 0. The monoisotopic (exact) mass is 225 g/mol. The second kappa shape index (κ2) is 4.82. The molecule has 2 saturated heterocycles. The largest absolute Gasteiger partial charge is 0.340 e. The molecule has 2 aliphatic rings. The van der Waals surface area contributed by atoms with Gasteiger partial charge in [-0.3, -0.25) is 9.59 Å². The standard InChI is InChI=1S/C11H19N3O2/c12-9-4-6-14(7-9)11(16)8-13-5-2-1-3-10(13)15/h9H,1-8,12H2/t9-/m1/s1. The minimum absolute atomic E-state index is 0.0446. The van der Waals surface area contributed by atoms with Gasteiger partial charge >= 0.3 is 0 Å². The van der Waals surface area contributed by atoms with Gasteiger partial charge in [0.25, 0.3) is 0 Å². The highest BCUT2D eigenvalue weighted by Crippen LogP contribution is 2.12. The first kappa shape index (κ1) is 11.4. The van der Waals surface area contributed by atoms with Crippen molar-refractivity contribution in [1.29, 1.82) is 0 Å². The van der Waals surface area contributed by atoms with Crippen molar-refractivity contribution >= 4 is 11.8 Å². The van der Waals surface area contributed by atoms with E-state index in [1.165, 1.54) is 0 Å². The van der Waals surface area contributed by atoms with Gasteiger partial charge in [-0.05, 0) is 19.3 Å². The zero-order chi connectivity index (χ0) is 11.5. The van der Waals surface area contributed by atoms with Crippen LogP contribution in [-0.4, -0.2) is 53.8 Å². The van der Waals surface area contributed by atoms with Gasteiger partial charge in [0.15, 0.2) is 0 Å². The lowest BCUT2D eigenvalue weighted by atomic mass is 10.1. The molecule has 5 nitrogen and oxygen atoms in total. The Morgan fingerprint density at radius 1 is 1.38 bits per heavy atom. The Labute approximate surface area is 95.6 Å². The maximum atomic E-state index is 11.9. The van der Waals surface area contributed by atoms with Gasteiger partial charge in [-0.1, -0.05) is 0 Å². The summed E-state index contributed by atoms with van der Waals surface area (Å²) in [5.74, 6) is 0.159. The van der Waals surface area contributed by atoms with E-state index in [1.54, 1.807) is 9.80 Å². The molecule has 0 saturated carbocycles. The van der Waals surface area contributed by atoms with Crippen LogP contribution >= 0.6 is 0 Å². The van der Waals surface area contributed by atoms with E-state index in [0.29, 0.717) is 13.0 Å². The Balaban J connectivity index is 1.84. The maximum Gasteiger partial charge on any atom is 0.242 e. The average Bonchev–Trinajstić information content (AvgIpc) is 2.68. The fourth-order valence-electron chi connectivity index (χ4n) is 2.31. The van der Waals surface area contributed by atoms with E-state index < -0.39 is 0 Å². The Morgan fingerprint density at radius 2 is 2.19 bits per heavy atom. The van der Waals surface area contributed by atoms with E-state index in [9.17, 15) is 9.59 Å². The first-order chi connectivity index (χ1) is 7.66. The molecule has 0 radical (unpaired) electrons. The van der Waals surface area contributed by atoms with E-state index in [0.717, 1.165) is 32.4 Å². The van der Waals surface area contributed by atoms with Crippen LogP contribution in [0.15, 0.2) is 0 Å². The molecule has 2 heterocycles. The number of amides is 2. The molecule has 2 amide bonds. The summed E-state index contributed by atoms with van der Waals surface area (Å²) in [6.07, 6.45) is 3.43. The zero-order valence-corrected chi connectivity index (χ0v) is 9.52. The highest BCUT2D eigenvalue weighted by atomic mass is 16.2. The number of hydrogen-bond acceptors (Lipinski definition) is 3. The Morgan fingerprint density at radius 3 is 2.81 bits per heavy atom. The minimum atomic E-state index is 0.0446. The molecule has 90 valence electrons. The van der Waals surface area contributed by atoms with Crippen LogP contribution in [0, 0.1) is 0 Å². The number of carbonyl (C=O) groups is 2. The number of likely N-dealkylation sites (tertiary alicyclic amines) is 2. The molecule has 16 heavy (non-hydrogen) atoms. The third-order valence-corrected chi connectivity index (χ3v) is 3.32. The lowest BCUT2D eigenvalue weighted by Crippen LogP contribution is -2.44. The van der Waals surface area contributed by atoms with Gasteiger partial charge in [0, 0.05) is 32.1 Å². The predicted octanol–water partition coefficient (Wildman–Crippen LogP) is -0.441. The van der Waals surface area contributed by atoms with Gasteiger partial charge in [0.05, 0.1) is 6.54 Å². The average molecular weight is 225 g/mol. The highest BCUT2D eigenvalue weighted by Gasteiger charge is 2.27. The smallest absolute Gasteiger partial charge is 0.242 e. The predicted molar refractivity (Wildman–Crippen MR) is 59.6 cm³/mol. The molecule has 0 unspecified atom stereocenters. The van der Waals surface area contributed by atoms with Crippen LogP contribution < -0.4 is 5.73 Å². The number of rotatable bonds is 2. The number of hydrogen-bond donors (Lipinski definition) is 1. The molecule has 2 aliphatic heterocycles. The van der Waals surface area contributed by atoms with Gasteiger partial charge in [0.2, 0.25) is 11.8 Å². The molecule has 0 aromatic carbocycles. The zero-order valence-electron chi connectivity index (χ0n) is 9.52. The van der Waals surface area contributed by atoms with Crippen molar-refractivity contribution in [2.24, 2.45) is 5.73 Å². The van der Waals surface area contributed by atoms with Crippen molar-refractivity contribution in [3.05, 3.63) is 0 Å². The lowest BCUT2D eigenvalue weighted by molar-refractivity contribution is -0.141. The number of carbonyl (C=O) groups excluding carboxylic acids is 2. The van der Waals surface area contributed by atoms with Crippen LogP contribution in [0.5, 0.6) is 0 Å². The molecule has 0 aromatic rings. The van der Waals surface area contributed by atoms with Crippen molar-refractivity contribution < 1.29 is 9.59 Å². The number of nitrogens with zero attached hydrogens (tertiary/aromatic N) is 2. The summed E-state index contributed by atoms with van der Waals surface area (Å²) in [4.78, 5) is 26.9. The quantitative estimate of drug-likeness (QED) is 0.692. The molecule has 1 atom stereocenters. The highest BCUT2D eigenvalue weighted by molar-refractivity contribution is 5.85. The van der Waals surface area contributed by atoms with E-state index in [-0.39, 0.29) is 24.4 Å². The van der Waals surface area contributed by atoms with Crippen LogP contribution in [-0.2, 0) is 9.59 Å². The van der Waals surface area contributed by atoms with Gasteiger partial charge < -0.3 is 15.5 Å².